The van der Waals surface area contributed by atoms with Crippen molar-refractivity contribution in [2.45, 2.75) is 13.3 Å². The molecule has 1 aromatic rings. The van der Waals surface area contributed by atoms with Gasteiger partial charge in [-0.1, -0.05) is 12.2 Å². The zero-order valence-electron chi connectivity index (χ0n) is 8.95. The average Bonchev–Trinajstić information content (AvgIpc) is 2.66. The number of rotatable bonds is 6. The molecule has 88 valence electrons. The van der Waals surface area contributed by atoms with Crippen molar-refractivity contribution in [3.63, 3.8) is 0 Å². The average molecular weight is 242 g/mol. The van der Waals surface area contributed by atoms with Gasteiger partial charge in [-0.05, 0) is 6.92 Å². The van der Waals surface area contributed by atoms with E-state index in [1.807, 2.05) is 6.92 Å². The molecule has 0 aliphatic rings. The van der Waals surface area contributed by atoms with E-state index in [1.165, 1.54) is 6.20 Å². The van der Waals surface area contributed by atoms with Crippen LogP contribution in [0.5, 0.6) is 0 Å². The Bertz CT molecular complexity index is 377. The molecule has 0 saturated heterocycles. The molecule has 0 unspecified atom stereocenters. The van der Waals surface area contributed by atoms with Crippen molar-refractivity contribution in [3.8, 4) is 0 Å². The molecule has 0 atom stereocenters. The summed E-state index contributed by atoms with van der Waals surface area (Å²) < 4.78 is 5.06. The van der Waals surface area contributed by atoms with Gasteiger partial charge in [0.25, 0.3) is 0 Å². The number of nitrogens with one attached hydrogen (secondary N) is 2. The summed E-state index contributed by atoms with van der Waals surface area (Å²) >= 11 is 4.80. The van der Waals surface area contributed by atoms with Gasteiger partial charge >= 0.3 is 0 Å². The van der Waals surface area contributed by atoms with Gasteiger partial charge in [0, 0.05) is 6.61 Å². The lowest BCUT2D eigenvalue weighted by Crippen LogP contribution is -2.18. The molecule has 16 heavy (non-hydrogen) atoms. The van der Waals surface area contributed by atoms with Gasteiger partial charge in [0.1, 0.15) is 10.8 Å². The van der Waals surface area contributed by atoms with E-state index >= 15 is 0 Å². The van der Waals surface area contributed by atoms with Crippen LogP contribution in [0, 0.1) is 0 Å². The number of hydrogen-bond acceptors (Lipinski definition) is 4. The number of ether oxygens (including phenoxy) is 1. The third-order valence-electron chi connectivity index (χ3n) is 1.85. The first-order valence-corrected chi connectivity index (χ1v) is 5.26. The highest BCUT2D eigenvalue weighted by Gasteiger charge is 2.10. The molecular weight excluding hydrogens is 228 g/mol. The second kappa shape index (κ2) is 6.19. The van der Waals surface area contributed by atoms with E-state index in [1.54, 1.807) is 0 Å². The van der Waals surface area contributed by atoms with E-state index in [9.17, 15) is 4.79 Å². The number of carbonyl (C=O) groups excluding carboxylic acids is 1. The Balaban J connectivity index is 2.49. The molecule has 0 bridgehead atoms. The van der Waals surface area contributed by atoms with Crippen molar-refractivity contribution < 1.29 is 9.53 Å². The van der Waals surface area contributed by atoms with E-state index in [0.717, 1.165) is 0 Å². The van der Waals surface area contributed by atoms with E-state index in [4.69, 9.17) is 22.7 Å². The Hall–Kier alpha value is -1.47. The first-order chi connectivity index (χ1) is 7.65. The van der Waals surface area contributed by atoms with Gasteiger partial charge < -0.3 is 15.8 Å². The maximum absolute atomic E-state index is 11.4. The molecule has 1 rings (SSSR count). The zero-order valence-corrected chi connectivity index (χ0v) is 9.76. The molecule has 0 fully saturated rings. The minimum absolute atomic E-state index is 0.171. The number of nitrogens with zero attached hydrogens (tertiary/aromatic N) is 1. The van der Waals surface area contributed by atoms with Crippen LogP contribution in [0.2, 0.25) is 0 Å². The minimum atomic E-state index is -0.171. The van der Waals surface area contributed by atoms with Gasteiger partial charge in [-0.2, -0.15) is 5.10 Å². The Labute approximate surface area is 98.5 Å². The summed E-state index contributed by atoms with van der Waals surface area (Å²) in [6.45, 7) is 2.85. The van der Waals surface area contributed by atoms with Crippen molar-refractivity contribution in [1.29, 1.82) is 0 Å². The van der Waals surface area contributed by atoms with Crippen LogP contribution in [0.25, 0.3) is 0 Å². The van der Waals surface area contributed by atoms with Crippen molar-refractivity contribution in [1.82, 2.24) is 10.2 Å². The molecular formula is C9H14N4O2S. The van der Waals surface area contributed by atoms with Crippen molar-refractivity contribution in [2.24, 2.45) is 5.73 Å². The Morgan fingerprint density at radius 3 is 3.12 bits per heavy atom. The van der Waals surface area contributed by atoms with Gasteiger partial charge in [0.05, 0.1) is 24.8 Å². The first-order valence-electron chi connectivity index (χ1n) is 4.86. The van der Waals surface area contributed by atoms with E-state index < -0.39 is 0 Å². The molecule has 0 aliphatic carbocycles. The topological polar surface area (TPSA) is 93.0 Å². The summed E-state index contributed by atoms with van der Waals surface area (Å²) in [5, 5.41) is 9.00. The third-order valence-corrected chi connectivity index (χ3v) is 2.07. The third kappa shape index (κ3) is 3.59. The molecule has 0 aromatic carbocycles. The maximum Gasteiger partial charge on any atom is 0.227 e. The van der Waals surface area contributed by atoms with Crippen LogP contribution in [-0.2, 0) is 9.53 Å². The van der Waals surface area contributed by atoms with Crippen LogP contribution in [0.15, 0.2) is 6.20 Å². The second-order valence-corrected chi connectivity index (χ2v) is 3.46. The summed E-state index contributed by atoms with van der Waals surface area (Å²) in [5.74, 6) is 0.254. The standard InChI is InChI=1S/C9H14N4O2S/c1-2-15-4-3-7(14)12-9-6(8(10)16)5-11-13-9/h5H,2-4H2,1H3,(H2,10,16)(H2,11,12,13,14). The molecule has 1 heterocycles. The van der Waals surface area contributed by atoms with Crippen LogP contribution >= 0.6 is 12.2 Å². The number of H-pyrrole nitrogens is 1. The monoisotopic (exact) mass is 242 g/mol. The molecule has 1 aromatic heterocycles. The lowest BCUT2D eigenvalue weighted by molar-refractivity contribution is -0.117. The zero-order chi connectivity index (χ0) is 12.0. The largest absolute Gasteiger partial charge is 0.389 e. The summed E-state index contributed by atoms with van der Waals surface area (Å²) in [7, 11) is 0. The highest BCUT2D eigenvalue weighted by molar-refractivity contribution is 7.80. The summed E-state index contributed by atoms with van der Waals surface area (Å²) in [6.07, 6.45) is 1.75. The van der Waals surface area contributed by atoms with Gasteiger partial charge in [-0.3, -0.25) is 9.89 Å². The fourth-order valence-corrected chi connectivity index (χ4v) is 1.23. The first kappa shape index (κ1) is 12.6. The number of amides is 1. The van der Waals surface area contributed by atoms with Crippen LogP contribution in [0.3, 0.4) is 0 Å². The van der Waals surface area contributed by atoms with Crippen molar-refractivity contribution >= 4 is 28.9 Å². The fraction of sp³-hybridized carbons (Fsp3) is 0.444. The fourth-order valence-electron chi connectivity index (χ4n) is 1.08. The Morgan fingerprint density at radius 2 is 2.50 bits per heavy atom. The lowest BCUT2D eigenvalue weighted by atomic mass is 10.3. The van der Waals surface area contributed by atoms with Crippen molar-refractivity contribution in [3.05, 3.63) is 11.8 Å². The Kier molecular flexibility index (Phi) is 4.87. The summed E-state index contributed by atoms with van der Waals surface area (Å²) in [5.41, 5.74) is 5.98. The number of thiocarbonyl (C=S) groups is 1. The van der Waals surface area contributed by atoms with Gasteiger partial charge in [-0.25, -0.2) is 0 Å². The van der Waals surface area contributed by atoms with Gasteiger partial charge in [-0.15, -0.1) is 0 Å². The molecule has 7 heteroatoms. The molecule has 0 aliphatic heterocycles. The number of anilines is 1. The van der Waals surface area contributed by atoms with Gasteiger partial charge in [0.15, 0.2) is 0 Å². The second-order valence-electron chi connectivity index (χ2n) is 3.02. The Morgan fingerprint density at radius 1 is 1.75 bits per heavy atom. The smallest absolute Gasteiger partial charge is 0.227 e. The van der Waals surface area contributed by atoms with Crippen LogP contribution in [0.1, 0.15) is 18.9 Å². The van der Waals surface area contributed by atoms with E-state index in [-0.39, 0.29) is 17.3 Å². The van der Waals surface area contributed by atoms with E-state index in [0.29, 0.717) is 24.6 Å². The molecule has 0 saturated carbocycles. The predicted octanol–water partition coefficient (Wildman–Crippen LogP) is 0.409. The minimum Gasteiger partial charge on any atom is -0.389 e. The number of nitrogens with two attached hydrogens (primary N) is 1. The van der Waals surface area contributed by atoms with Crippen LogP contribution < -0.4 is 11.1 Å². The summed E-state index contributed by atoms with van der Waals surface area (Å²) in [6, 6.07) is 0. The molecule has 1 amide bonds. The number of hydrogen-bond donors (Lipinski definition) is 3. The highest BCUT2D eigenvalue weighted by atomic mass is 32.1. The normalized spacial score (nSPS) is 10.1. The predicted molar refractivity (Wildman–Crippen MR) is 64.2 cm³/mol. The SMILES string of the molecule is CCOCCC(=O)Nc1[nH]ncc1C(N)=S. The number of aromatic amines is 1. The quantitative estimate of drug-likeness (QED) is 0.496. The molecule has 0 spiro atoms. The number of aromatic nitrogens is 2. The van der Waals surface area contributed by atoms with Crippen molar-refractivity contribution in [2.75, 3.05) is 18.5 Å². The van der Waals surface area contributed by atoms with E-state index in [2.05, 4.69) is 15.5 Å². The summed E-state index contributed by atoms with van der Waals surface area (Å²) in [4.78, 5) is 11.6. The number of carbonyl (C=O) groups is 1. The highest BCUT2D eigenvalue weighted by Crippen LogP contribution is 2.10. The molecule has 0 radical (unpaired) electrons. The van der Waals surface area contributed by atoms with Gasteiger partial charge in [0.2, 0.25) is 5.91 Å². The lowest BCUT2D eigenvalue weighted by Gasteiger charge is -2.04. The maximum atomic E-state index is 11.4. The molecule has 6 nitrogen and oxygen atoms in total. The molecule has 4 N–H and O–H groups in total. The van der Waals surface area contributed by atoms with Crippen LogP contribution in [-0.4, -0.2) is 34.3 Å². The van der Waals surface area contributed by atoms with Crippen LogP contribution in [0.4, 0.5) is 5.82 Å².